The van der Waals surface area contributed by atoms with E-state index in [-0.39, 0.29) is 0 Å². The average Bonchev–Trinajstić information content (AvgIpc) is 3.02. The molecule has 1 aromatic rings. The minimum Gasteiger partial charge on any atom is -0.413 e. The summed E-state index contributed by atoms with van der Waals surface area (Å²) in [4.78, 5) is 0. The molecule has 0 amide bonds. The zero-order valence-electron chi connectivity index (χ0n) is 23.6. The van der Waals surface area contributed by atoms with Gasteiger partial charge in [-0.1, -0.05) is 128 Å². The van der Waals surface area contributed by atoms with Gasteiger partial charge in [-0.15, -0.1) is 0 Å². The third kappa shape index (κ3) is 8.60. The van der Waals surface area contributed by atoms with Gasteiger partial charge in [0.15, 0.2) is 8.32 Å². The van der Waals surface area contributed by atoms with Gasteiger partial charge in [-0.3, -0.25) is 0 Å². The van der Waals surface area contributed by atoms with E-state index in [0.717, 1.165) is 6.42 Å². The van der Waals surface area contributed by atoms with Gasteiger partial charge in [-0.2, -0.15) is 0 Å². The Morgan fingerprint density at radius 2 is 1.47 bits per heavy atom. The number of hydrogen-bond acceptors (Lipinski definition) is 2. The Bertz CT molecular complexity index is 664. The van der Waals surface area contributed by atoms with E-state index in [9.17, 15) is 5.11 Å². The Hall–Kier alpha value is -0.426. The Kier molecular flexibility index (Phi) is 12.6. The summed E-state index contributed by atoms with van der Waals surface area (Å²) in [7, 11) is -3.57. The van der Waals surface area contributed by atoms with Crippen LogP contribution in [-0.4, -0.2) is 34.2 Å². The van der Waals surface area contributed by atoms with E-state index in [1.807, 2.05) is 0 Å². The smallest absolute Gasteiger partial charge is 0.196 e. The lowest BCUT2D eigenvalue weighted by molar-refractivity contribution is 0.133. The summed E-state index contributed by atoms with van der Waals surface area (Å²) < 4.78 is 7.41. The molecule has 1 aliphatic heterocycles. The molecule has 4 heteroatoms. The van der Waals surface area contributed by atoms with Crippen LogP contribution in [0.1, 0.15) is 86.0 Å². The van der Waals surface area contributed by atoms with Crippen molar-refractivity contribution in [2.24, 2.45) is 17.8 Å². The predicted octanol–water partition coefficient (Wildman–Crippen LogP) is 8.38. The van der Waals surface area contributed by atoms with Gasteiger partial charge in [0.05, 0.1) is 8.07 Å². The van der Waals surface area contributed by atoms with Crippen LogP contribution < -0.4 is 5.19 Å². The van der Waals surface area contributed by atoms with Gasteiger partial charge in [0.2, 0.25) is 0 Å². The van der Waals surface area contributed by atoms with E-state index >= 15 is 0 Å². The van der Waals surface area contributed by atoms with Crippen molar-refractivity contribution < 1.29 is 9.53 Å². The molecule has 0 aromatic heterocycles. The van der Waals surface area contributed by atoms with Gasteiger partial charge in [-0.05, 0) is 48.2 Å². The molecule has 1 saturated heterocycles. The van der Waals surface area contributed by atoms with E-state index in [2.05, 4.69) is 78.0 Å². The van der Waals surface area contributed by atoms with Crippen LogP contribution in [0.25, 0.3) is 0 Å². The van der Waals surface area contributed by atoms with Crippen LogP contribution in [-0.2, 0) is 4.43 Å². The predicted molar refractivity (Wildman–Crippen MR) is 155 cm³/mol. The van der Waals surface area contributed by atoms with Crippen LogP contribution in [0.2, 0.25) is 36.8 Å². The second-order valence-electron chi connectivity index (χ2n) is 12.7. The van der Waals surface area contributed by atoms with Gasteiger partial charge in [0.25, 0.3) is 0 Å². The highest BCUT2D eigenvalue weighted by molar-refractivity contribution is 6.91. The minimum atomic E-state index is -1.95. The molecule has 0 spiro atoms. The van der Waals surface area contributed by atoms with E-state index in [0.29, 0.717) is 36.0 Å². The van der Waals surface area contributed by atoms with Gasteiger partial charge in [0.1, 0.15) is 0 Å². The second kappa shape index (κ2) is 14.3. The molecule has 0 saturated carbocycles. The molecule has 1 heterocycles. The van der Waals surface area contributed by atoms with E-state index < -0.39 is 16.4 Å². The first-order chi connectivity index (χ1) is 16.1. The topological polar surface area (TPSA) is 29.5 Å². The molecule has 2 rings (SSSR count). The quantitative estimate of drug-likeness (QED) is 0.181. The van der Waals surface area contributed by atoms with Crippen LogP contribution in [0.4, 0.5) is 0 Å². The molecule has 196 valence electrons. The summed E-state index contributed by atoms with van der Waals surface area (Å²) in [6.07, 6.45) is 10.5. The minimum absolute atomic E-state index is 0.304. The zero-order chi connectivity index (χ0) is 25.2. The normalized spacial score (nSPS) is 22.7. The SMILES string of the molecule is CCCCCCCC[C@H]1O[Si](CC(C)C)(CC(C)C)[C@@H](C[Si](C)(C)c2ccccc2)[C@@H]1CCO. The molecule has 3 atom stereocenters. The van der Waals surface area contributed by atoms with Crippen molar-refractivity contribution in [2.45, 2.75) is 129 Å². The first-order valence-corrected chi connectivity index (χ1v) is 20.1. The molecule has 2 nitrogen and oxygen atoms in total. The van der Waals surface area contributed by atoms with Crippen LogP contribution in [0.3, 0.4) is 0 Å². The molecule has 1 aromatic carbocycles. The monoisotopic (exact) mass is 504 g/mol. The molecule has 0 bridgehead atoms. The summed E-state index contributed by atoms with van der Waals surface area (Å²) in [6.45, 7) is 17.3. The van der Waals surface area contributed by atoms with Crippen LogP contribution >= 0.6 is 0 Å². The third-order valence-electron chi connectivity index (χ3n) is 8.15. The Morgan fingerprint density at radius 3 is 2.03 bits per heavy atom. The zero-order valence-corrected chi connectivity index (χ0v) is 25.6. The van der Waals surface area contributed by atoms with Crippen molar-refractivity contribution in [3.63, 3.8) is 0 Å². The van der Waals surface area contributed by atoms with Crippen molar-refractivity contribution in [3.8, 4) is 0 Å². The third-order valence-corrected chi connectivity index (χ3v) is 17.7. The fourth-order valence-electron chi connectivity index (χ4n) is 6.82. The summed E-state index contributed by atoms with van der Waals surface area (Å²) in [5.41, 5.74) is 0.677. The summed E-state index contributed by atoms with van der Waals surface area (Å²) >= 11 is 0. The molecular formula is C30H56O2Si2. The van der Waals surface area contributed by atoms with Gasteiger partial charge >= 0.3 is 0 Å². The van der Waals surface area contributed by atoms with E-state index in [1.54, 1.807) is 5.19 Å². The number of aliphatic hydroxyl groups excluding tert-OH is 1. The number of hydrogen-bond donors (Lipinski definition) is 1. The Labute approximate surface area is 214 Å². The highest BCUT2D eigenvalue weighted by Crippen LogP contribution is 2.54. The largest absolute Gasteiger partial charge is 0.413 e. The number of aliphatic hydroxyl groups is 1. The van der Waals surface area contributed by atoms with Crippen molar-refractivity contribution in [2.75, 3.05) is 6.61 Å². The molecule has 1 fully saturated rings. The van der Waals surface area contributed by atoms with Gasteiger partial charge < -0.3 is 9.53 Å². The molecular weight excluding hydrogens is 449 g/mol. The van der Waals surface area contributed by atoms with Crippen LogP contribution in [0.15, 0.2) is 30.3 Å². The Balaban J connectivity index is 2.33. The number of benzene rings is 1. The molecule has 1 aliphatic rings. The van der Waals surface area contributed by atoms with Crippen LogP contribution in [0.5, 0.6) is 0 Å². The highest BCUT2D eigenvalue weighted by Gasteiger charge is 2.57. The summed E-state index contributed by atoms with van der Waals surface area (Å²) in [6, 6.07) is 15.2. The number of unbranched alkanes of at least 4 members (excludes halogenated alkanes) is 5. The molecule has 0 radical (unpaired) electrons. The van der Waals surface area contributed by atoms with Crippen molar-refractivity contribution in [1.82, 2.24) is 0 Å². The fourth-order valence-corrected chi connectivity index (χ4v) is 18.5. The number of rotatable bonds is 16. The summed E-state index contributed by atoms with van der Waals surface area (Å²) in [5, 5.41) is 11.7. The van der Waals surface area contributed by atoms with Crippen molar-refractivity contribution in [3.05, 3.63) is 30.3 Å². The lowest BCUT2D eigenvalue weighted by Crippen LogP contribution is -2.49. The maximum atomic E-state index is 10.2. The first kappa shape index (κ1) is 29.8. The average molecular weight is 505 g/mol. The molecule has 34 heavy (non-hydrogen) atoms. The van der Waals surface area contributed by atoms with Crippen LogP contribution in [0, 0.1) is 17.8 Å². The first-order valence-electron chi connectivity index (χ1n) is 14.5. The highest BCUT2D eigenvalue weighted by atomic mass is 28.4. The molecule has 0 aliphatic carbocycles. The Morgan fingerprint density at radius 1 is 0.882 bits per heavy atom. The molecule has 0 unspecified atom stereocenters. The van der Waals surface area contributed by atoms with E-state index in [4.69, 9.17) is 4.43 Å². The van der Waals surface area contributed by atoms with Gasteiger partial charge in [-0.25, -0.2) is 0 Å². The second-order valence-corrected chi connectivity index (χ2v) is 21.4. The van der Waals surface area contributed by atoms with Gasteiger partial charge in [0, 0.05) is 12.7 Å². The fraction of sp³-hybridized carbons (Fsp3) is 0.800. The lowest BCUT2D eigenvalue weighted by Gasteiger charge is -2.39. The lowest BCUT2D eigenvalue weighted by atomic mass is 9.91. The van der Waals surface area contributed by atoms with Crippen molar-refractivity contribution in [1.29, 1.82) is 0 Å². The maximum absolute atomic E-state index is 10.2. The standard InChI is InChI=1S/C30H56O2Si2/c1-8-9-10-11-12-16-19-29-28(20-21-31)30(24-33(6,7)27-17-14-13-15-18-27)34(32-29,22-25(2)3)23-26(4)5/h13-15,17-18,25-26,28-31H,8-12,16,19-24H2,1-7H3/t28-,29-,30+/m1/s1. The van der Waals surface area contributed by atoms with E-state index in [1.165, 1.54) is 63.1 Å². The summed E-state index contributed by atoms with van der Waals surface area (Å²) in [5.74, 6) is 1.90. The molecule has 1 N–H and O–H groups in total. The van der Waals surface area contributed by atoms with Crippen molar-refractivity contribution >= 4 is 21.6 Å². The maximum Gasteiger partial charge on any atom is 0.196 e.